The number of para-hydroxylation sites is 2. The molecule has 4 heteroatoms. The van der Waals surface area contributed by atoms with E-state index in [-0.39, 0.29) is 6.54 Å². The first-order valence-electron chi connectivity index (χ1n) is 6.96. The van der Waals surface area contributed by atoms with Gasteiger partial charge in [0, 0.05) is 18.2 Å². The molecule has 0 saturated carbocycles. The number of benzene rings is 2. The van der Waals surface area contributed by atoms with Crippen LogP contribution >= 0.6 is 0 Å². The highest BCUT2D eigenvalue weighted by atomic mass is 19.1. The molecule has 2 rings (SSSR count). The number of hydrogen-bond acceptors (Lipinski definition) is 2. The van der Waals surface area contributed by atoms with E-state index in [0.29, 0.717) is 18.1 Å². The van der Waals surface area contributed by atoms with Gasteiger partial charge in [0.25, 0.3) is 0 Å². The molecule has 0 spiro atoms. The van der Waals surface area contributed by atoms with Gasteiger partial charge in [-0.1, -0.05) is 32.0 Å². The van der Waals surface area contributed by atoms with Gasteiger partial charge in [-0.25, -0.2) is 8.78 Å². The summed E-state index contributed by atoms with van der Waals surface area (Å²) in [5, 5.41) is 3.13. The number of halogens is 2. The normalized spacial score (nSPS) is 10.7. The van der Waals surface area contributed by atoms with E-state index in [1.165, 1.54) is 12.1 Å². The lowest BCUT2D eigenvalue weighted by molar-refractivity contribution is 0.272. The zero-order chi connectivity index (χ0) is 15.2. The average molecular weight is 291 g/mol. The lowest BCUT2D eigenvalue weighted by Gasteiger charge is -2.14. The van der Waals surface area contributed by atoms with E-state index >= 15 is 0 Å². The Hall–Kier alpha value is -2.10. The summed E-state index contributed by atoms with van der Waals surface area (Å²) in [6, 6.07) is 11.1. The largest absolute Gasteiger partial charge is 0.491 e. The second-order valence-electron chi connectivity index (χ2n) is 5.29. The van der Waals surface area contributed by atoms with Crippen LogP contribution in [0, 0.1) is 17.6 Å². The van der Waals surface area contributed by atoms with Crippen molar-refractivity contribution in [3.63, 3.8) is 0 Å². The fourth-order valence-corrected chi connectivity index (χ4v) is 1.85. The zero-order valence-corrected chi connectivity index (χ0v) is 12.2. The maximum atomic E-state index is 13.6. The van der Waals surface area contributed by atoms with Crippen LogP contribution < -0.4 is 10.1 Å². The molecule has 0 amide bonds. The van der Waals surface area contributed by atoms with Crippen molar-refractivity contribution in [1.29, 1.82) is 0 Å². The molecule has 0 bridgehead atoms. The van der Waals surface area contributed by atoms with Crippen LogP contribution in [0.15, 0.2) is 42.5 Å². The maximum Gasteiger partial charge on any atom is 0.142 e. The molecule has 0 heterocycles. The van der Waals surface area contributed by atoms with Crippen molar-refractivity contribution >= 4 is 5.69 Å². The van der Waals surface area contributed by atoms with E-state index in [1.54, 1.807) is 0 Å². The number of nitrogens with one attached hydrogen (secondary N) is 1. The van der Waals surface area contributed by atoms with Crippen molar-refractivity contribution in [3.8, 4) is 5.75 Å². The van der Waals surface area contributed by atoms with Gasteiger partial charge < -0.3 is 10.1 Å². The van der Waals surface area contributed by atoms with E-state index in [1.807, 2.05) is 24.3 Å². The van der Waals surface area contributed by atoms with Gasteiger partial charge in [0.1, 0.15) is 17.4 Å². The highest BCUT2D eigenvalue weighted by molar-refractivity contribution is 5.56. The predicted octanol–water partition coefficient (Wildman–Crippen LogP) is 4.61. The molecule has 0 aliphatic carbocycles. The van der Waals surface area contributed by atoms with Crippen molar-refractivity contribution in [2.45, 2.75) is 20.4 Å². The van der Waals surface area contributed by atoms with Gasteiger partial charge in [-0.05, 0) is 24.1 Å². The smallest absolute Gasteiger partial charge is 0.142 e. The zero-order valence-electron chi connectivity index (χ0n) is 12.2. The number of hydrogen-bond donors (Lipinski definition) is 1. The molecule has 2 nitrogen and oxygen atoms in total. The third-order valence-corrected chi connectivity index (χ3v) is 2.94. The molecule has 0 fully saturated rings. The molecule has 0 aliphatic heterocycles. The van der Waals surface area contributed by atoms with Gasteiger partial charge in [0.15, 0.2) is 0 Å². The Balaban J connectivity index is 2.05. The van der Waals surface area contributed by atoms with E-state index in [4.69, 9.17) is 4.74 Å². The Bertz CT molecular complexity index is 599. The number of anilines is 1. The van der Waals surface area contributed by atoms with E-state index in [0.717, 1.165) is 17.5 Å². The van der Waals surface area contributed by atoms with Gasteiger partial charge in [-0.2, -0.15) is 0 Å². The molecule has 0 aromatic heterocycles. The van der Waals surface area contributed by atoms with Crippen molar-refractivity contribution in [3.05, 3.63) is 59.7 Å². The van der Waals surface area contributed by atoms with Crippen molar-refractivity contribution < 1.29 is 13.5 Å². The summed E-state index contributed by atoms with van der Waals surface area (Å²) in [4.78, 5) is 0. The summed E-state index contributed by atoms with van der Waals surface area (Å²) in [6.07, 6.45) is 0. The SMILES string of the molecule is CC(C)COc1ccccc1NCc1ccc(F)cc1F. The topological polar surface area (TPSA) is 21.3 Å². The van der Waals surface area contributed by atoms with Crippen LogP contribution in [0.5, 0.6) is 5.75 Å². The van der Waals surface area contributed by atoms with Gasteiger partial charge in [0.2, 0.25) is 0 Å². The van der Waals surface area contributed by atoms with Crippen LogP contribution in [-0.4, -0.2) is 6.61 Å². The van der Waals surface area contributed by atoms with Gasteiger partial charge in [-0.15, -0.1) is 0 Å². The molecular weight excluding hydrogens is 272 g/mol. The second-order valence-corrected chi connectivity index (χ2v) is 5.29. The van der Waals surface area contributed by atoms with Gasteiger partial charge >= 0.3 is 0 Å². The first-order chi connectivity index (χ1) is 10.1. The van der Waals surface area contributed by atoms with Crippen LogP contribution in [0.3, 0.4) is 0 Å². The molecular formula is C17H19F2NO. The van der Waals surface area contributed by atoms with Crippen molar-refractivity contribution in [1.82, 2.24) is 0 Å². The minimum atomic E-state index is -0.572. The molecule has 0 unspecified atom stereocenters. The van der Waals surface area contributed by atoms with Crippen LogP contribution in [0.1, 0.15) is 19.4 Å². The fourth-order valence-electron chi connectivity index (χ4n) is 1.85. The van der Waals surface area contributed by atoms with Crippen molar-refractivity contribution in [2.24, 2.45) is 5.92 Å². The van der Waals surface area contributed by atoms with Crippen LogP contribution in [0.2, 0.25) is 0 Å². The Morgan fingerprint density at radius 3 is 2.57 bits per heavy atom. The Morgan fingerprint density at radius 2 is 1.86 bits per heavy atom. The van der Waals surface area contributed by atoms with E-state index in [9.17, 15) is 8.78 Å². The molecule has 1 N–H and O–H groups in total. The highest BCUT2D eigenvalue weighted by Crippen LogP contribution is 2.25. The molecule has 21 heavy (non-hydrogen) atoms. The molecule has 2 aromatic rings. The lowest BCUT2D eigenvalue weighted by Crippen LogP contribution is -2.08. The Labute approximate surface area is 123 Å². The van der Waals surface area contributed by atoms with E-state index in [2.05, 4.69) is 19.2 Å². The van der Waals surface area contributed by atoms with Crippen LogP contribution in [0.25, 0.3) is 0 Å². The predicted molar refractivity (Wildman–Crippen MR) is 80.5 cm³/mol. The van der Waals surface area contributed by atoms with Crippen molar-refractivity contribution in [2.75, 3.05) is 11.9 Å². The number of rotatable bonds is 6. The van der Waals surface area contributed by atoms with Crippen LogP contribution in [0.4, 0.5) is 14.5 Å². The summed E-state index contributed by atoms with van der Waals surface area (Å²) < 4.78 is 32.2. The summed E-state index contributed by atoms with van der Waals surface area (Å²) in [6.45, 7) is 5.03. The minimum Gasteiger partial charge on any atom is -0.491 e. The highest BCUT2D eigenvalue weighted by Gasteiger charge is 2.07. The minimum absolute atomic E-state index is 0.272. The van der Waals surface area contributed by atoms with E-state index < -0.39 is 11.6 Å². The third-order valence-electron chi connectivity index (χ3n) is 2.94. The molecule has 0 aliphatic rings. The lowest BCUT2D eigenvalue weighted by atomic mass is 10.2. The first kappa shape index (κ1) is 15.3. The fraction of sp³-hybridized carbons (Fsp3) is 0.294. The van der Waals surface area contributed by atoms with Gasteiger partial charge in [0.05, 0.1) is 12.3 Å². The Kier molecular flexibility index (Phi) is 5.14. The molecule has 112 valence electrons. The Morgan fingerprint density at radius 1 is 1.10 bits per heavy atom. The number of ether oxygens (including phenoxy) is 1. The molecule has 0 saturated heterocycles. The quantitative estimate of drug-likeness (QED) is 0.839. The average Bonchev–Trinajstić information content (AvgIpc) is 2.45. The standard InChI is InChI=1S/C17H19F2NO/c1-12(2)11-21-17-6-4-3-5-16(17)20-10-13-7-8-14(18)9-15(13)19/h3-9,12,20H,10-11H2,1-2H3. The third kappa shape index (κ3) is 4.45. The summed E-state index contributed by atoms with van der Waals surface area (Å²) >= 11 is 0. The summed E-state index contributed by atoms with van der Waals surface area (Å²) in [5.74, 6) is 0.0290. The van der Waals surface area contributed by atoms with Crippen LogP contribution in [-0.2, 0) is 6.54 Å². The second kappa shape index (κ2) is 7.07. The molecule has 2 aromatic carbocycles. The molecule has 0 radical (unpaired) electrons. The molecule has 0 atom stereocenters. The van der Waals surface area contributed by atoms with Gasteiger partial charge in [-0.3, -0.25) is 0 Å². The monoisotopic (exact) mass is 291 g/mol. The first-order valence-corrected chi connectivity index (χ1v) is 6.96. The summed E-state index contributed by atoms with van der Waals surface area (Å²) in [5.41, 5.74) is 1.21. The maximum absolute atomic E-state index is 13.6. The summed E-state index contributed by atoms with van der Waals surface area (Å²) in [7, 11) is 0.